The summed E-state index contributed by atoms with van der Waals surface area (Å²) in [6.07, 6.45) is 3.10. The van der Waals surface area contributed by atoms with Crippen LogP contribution in [0.2, 0.25) is 0 Å². The second-order valence-corrected chi connectivity index (χ2v) is 9.38. The van der Waals surface area contributed by atoms with Crippen molar-refractivity contribution in [3.05, 3.63) is 48.0 Å². The first-order valence-corrected chi connectivity index (χ1v) is 12.2. The van der Waals surface area contributed by atoms with E-state index in [2.05, 4.69) is 9.97 Å². The molecule has 9 nitrogen and oxygen atoms in total. The van der Waals surface area contributed by atoms with Crippen LogP contribution in [0.15, 0.2) is 36.7 Å². The molecule has 0 radical (unpaired) electrons. The van der Waals surface area contributed by atoms with Crippen LogP contribution in [0.3, 0.4) is 0 Å². The van der Waals surface area contributed by atoms with Crippen LogP contribution in [0, 0.1) is 5.82 Å². The van der Waals surface area contributed by atoms with Crippen LogP contribution in [0.4, 0.5) is 20.8 Å². The van der Waals surface area contributed by atoms with Gasteiger partial charge in [0.2, 0.25) is 16.0 Å². The van der Waals surface area contributed by atoms with Crippen molar-refractivity contribution >= 4 is 27.8 Å². The van der Waals surface area contributed by atoms with Gasteiger partial charge < -0.3 is 14.5 Å². The van der Waals surface area contributed by atoms with Gasteiger partial charge in [0.05, 0.1) is 37.0 Å². The molecular weight excluding hydrogens is 437 g/mol. The molecule has 32 heavy (non-hydrogen) atoms. The van der Waals surface area contributed by atoms with E-state index in [4.69, 9.17) is 4.74 Å². The van der Waals surface area contributed by atoms with Gasteiger partial charge in [-0.15, -0.1) is 0 Å². The molecule has 0 atom stereocenters. The third-order valence-electron chi connectivity index (χ3n) is 5.04. The van der Waals surface area contributed by atoms with Gasteiger partial charge in [-0.25, -0.2) is 27.6 Å². The molecule has 0 aliphatic carbocycles. The standard InChI is InChI=1S/C21H28FN5O4S/c1-3-13-32(29,30)27(16-17-5-7-18(22)8-6-17)19-14-23-20(24-15-19)25-9-11-26(12-10-25)21(28)31-4-2/h5-8,14-15H,3-4,9-13,16H2,1-2H3. The highest BCUT2D eigenvalue weighted by molar-refractivity contribution is 7.92. The maximum absolute atomic E-state index is 13.2. The zero-order chi connectivity index (χ0) is 23.1. The summed E-state index contributed by atoms with van der Waals surface area (Å²) in [5, 5.41) is 0. The molecule has 1 amide bonds. The average Bonchev–Trinajstić information content (AvgIpc) is 2.79. The number of rotatable bonds is 8. The van der Waals surface area contributed by atoms with Crippen LogP contribution in [0.1, 0.15) is 25.8 Å². The van der Waals surface area contributed by atoms with Crippen molar-refractivity contribution in [1.82, 2.24) is 14.9 Å². The number of aromatic nitrogens is 2. The predicted octanol–water partition coefficient (Wildman–Crippen LogP) is 2.64. The van der Waals surface area contributed by atoms with Gasteiger partial charge in [-0.3, -0.25) is 4.31 Å². The van der Waals surface area contributed by atoms with E-state index in [-0.39, 0.29) is 24.2 Å². The number of sulfonamides is 1. The highest BCUT2D eigenvalue weighted by Crippen LogP contribution is 2.22. The summed E-state index contributed by atoms with van der Waals surface area (Å²) in [4.78, 5) is 24.2. The van der Waals surface area contributed by atoms with Crippen molar-refractivity contribution in [2.75, 3.05) is 47.7 Å². The number of halogens is 1. The Morgan fingerprint density at radius 3 is 2.28 bits per heavy atom. The fourth-order valence-electron chi connectivity index (χ4n) is 3.38. The molecule has 1 aromatic carbocycles. The number of hydrogen-bond donors (Lipinski definition) is 0. The average molecular weight is 466 g/mol. The Kier molecular flexibility index (Phi) is 7.84. The lowest BCUT2D eigenvalue weighted by Gasteiger charge is -2.34. The first kappa shape index (κ1) is 23.7. The van der Waals surface area contributed by atoms with E-state index in [9.17, 15) is 17.6 Å². The van der Waals surface area contributed by atoms with Gasteiger partial charge in [0.25, 0.3) is 0 Å². The third-order valence-corrected chi connectivity index (χ3v) is 6.97. The Hall–Kier alpha value is -2.95. The summed E-state index contributed by atoms with van der Waals surface area (Å²) in [7, 11) is -3.61. The molecule has 0 bridgehead atoms. The zero-order valence-corrected chi connectivity index (χ0v) is 19.1. The Balaban J connectivity index is 1.74. The Bertz CT molecular complexity index is 994. The van der Waals surface area contributed by atoms with E-state index >= 15 is 0 Å². The lowest BCUT2D eigenvalue weighted by Crippen LogP contribution is -2.49. The molecule has 1 aliphatic heterocycles. The van der Waals surface area contributed by atoms with Gasteiger partial charge in [-0.2, -0.15) is 0 Å². The molecule has 0 spiro atoms. The highest BCUT2D eigenvalue weighted by Gasteiger charge is 2.25. The Labute approximate surface area is 187 Å². The zero-order valence-electron chi connectivity index (χ0n) is 18.3. The highest BCUT2D eigenvalue weighted by atomic mass is 32.2. The summed E-state index contributed by atoms with van der Waals surface area (Å²) in [5.74, 6) is 0.0607. The van der Waals surface area contributed by atoms with Crippen molar-refractivity contribution in [3.63, 3.8) is 0 Å². The minimum Gasteiger partial charge on any atom is -0.450 e. The van der Waals surface area contributed by atoms with Gasteiger partial charge in [0.15, 0.2) is 0 Å². The van der Waals surface area contributed by atoms with Gasteiger partial charge in [-0.1, -0.05) is 19.1 Å². The third kappa shape index (κ3) is 5.84. The van der Waals surface area contributed by atoms with Gasteiger partial charge in [-0.05, 0) is 31.0 Å². The maximum Gasteiger partial charge on any atom is 0.409 e. The number of carbonyl (C=O) groups is 1. The largest absolute Gasteiger partial charge is 0.450 e. The number of piperazine rings is 1. The fourth-order valence-corrected chi connectivity index (χ4v) is 4.88. The number of hydrogen-bond acceptors (Lipinski definition) is 7. The van der Waals surface area contributed by atoms with Crippen LogP contribution in [0.5, 0.6) is 0 Å². The molecule has 1 saturated heterocycles. The summed E-state index contributed by atoms with van der Waals surface area (Å²) in [5.41, 5.74) is 1.00. The topological polar surface area (TPSA) is 95.9 Å². The van der Waals surface area contributed by atoms with E-state index < -0.39 is 10.0 Å². The summed E-state index contributed by atoms with van der Waals surface area (Å²) >= 11 is 0. The lowest BCUT2D eigenvalue weighted by molar-refractivity contribution is 0.105. The normalized spacial score (nSPS) is 14.3. The van der Waals surface area contributed by atoms with Crippen LogP contribution in [0.25, 0.3) is 0 Å². The minimum absolute atomic E-state index is 0.0221. The van der Waals surface area contributed by atoms with E-state index in [1.165, 1.54) is 28.8 Å². The first-order chi connectivity index (χ1) is 15.3. The molecule has 1 fully saturated rings. The van der Waals surface area contributed by atoms with Crippen LogP contribution >= 0.6 is 0 Å². The number of benzene rings is 1. The summed E-state index contributed by atoms with van der Waals surface area (Å²) in [6.45, 7) is 6.03. The fraction of sp³-hybridized carbons (Fsp3) is 0.476. The molecule has 11 heteroatoms. The minimum atomic E-state index is -3.61. The number of carbonyl (C=O) groups excluding carboxylic acids is 1. The second-order valence-electron chi connectivity index (χ2n) is 7.36. The Morgan fingerprint density at radius 1 is 1.09 bits per heavy atom. The molecule has 1 aliphatic rings. The van der Waals surface area contributed by atoms with Gasteiger partial charge in [0.1, 0.15) is 5.82 Å². The van der Waals surface area contributed by atoms with Crippen molar-refractivity contribution in [2.24, 2.45) is 0 Å². The molecule has 2 heterocycles. The molecule has 0 saturated carbocycles. The Morgan fingerprint density at radius 2 is 1.72 bits per heavy atom. The molecule has 2 aromatic rings. The van der Waals surface area contributed by atoms with Crippen LogP contribution < -0.4 is 9.21 Å². The lowest BCUT2D eigenvalue weighted by atomic mass is 10.2. The van der Waals surface area contributed by atoms with Crippen molar-refractivity contribution in [3.8, 4) is 0 Å². The smallest absolute Gasteiger partial charge is 0.409 e. The van der Waals surface area contributed by atoms with Gasteiger partial charge in [0, 0.05) is 26.2 Å². The number of ether oxygens (including phenoxy) is 1. The molecule has 174 valence electrons. The van der Waals surface area contributed by atoms with E-state index in [0.29, 0.717) is 56.4 Å². The monoisotopic (exact) mass is 465 g/mol. The summed E-state index contributed by atoms with van der Waals surface area (Å²) in [6, 6.07) is 5.72. The van der Waals surface area contributed by atoms with E-state index in [1.807, 2.05) is 4.90 Å². The van der Waals surface area contributed by atoms with Crippen molar-refractivity contribution < 1.29 is 22.3 Å². The first-order valence-electron chi connectivity index (χ1n) is 10.6. The quantitative estimate of drug-likeness (QED) is 0.591. The second kappa shape index (κ2) is 10.6. The van der Waals surface area contributed by atoms with Crippen LogP contribution in [-0.4, -0.2) is 67.9 Å². The summed E-state index contributed by atoms with van der Waals surface area (Å²) < 4.78 is 45.3. The predicted molar refractivity (Wildman–Crippen MR) is 120 cm³/mol. The number of nitrogens with zero attached hydrogens (tertiary/aromatic N) is 5. The van der Waals surface area contributed by atoms with Crippen molar-refractivity contribution in [1.29, 1.82) is 0 Å². The number of anilines is 2. The van der Waals surface area contributed by atoms with Gasteiger partial charge >= 0.3 is 6.09 Å². The van der Waals surface area contributed by atoms with E-state index in [1.54, 1.807) is 30.9 Å². The molecule has 0 N–H and O–H groups in total. The van der Waals surface area contributed by atoms with Crippen LogP contribution in [-0.2, 0) is 21.3 Å². The molecule has 0 unspecified atom stereocenters. The van der Waals surface area contributed by atoms with Crippen molar-refractivity contribution in [2.45, 2.75) is 26.8 Å². The molecular formula is C21H28FN5O4S. The van der Waals surface area contributed by atoms with E-state index in [0.717, 1.165) is 0 Å². The number of amides is 1. The SMILES string of the molecule is CCCS(=O)(=O)N(Cc1ccc(F)cc1)c1cnc(N2CCN(C(=O)OCC)CC2)nc1. The molecule has 3 rings (SSSR count). The maximum atomic E-state index is 13.2. The molecule has 1 aromatic heterocycles.